The zero-order chi connectivity index (χ0) is 20.4. The predicted molar refractivity (Wildman–Crippen MR) is 109 cm³/mol. The van der Waals surface area contributed by atoms with Crippen LogP contribution in [0, 0.1) is 11.8 Å². The zero-order valence-corrected chi connectivity index (χ0v) is 16.2. The van der Waals surface area contributed by atoms with Gasteiger partial charge in [-0.2, -0.15) is 0 Å². The molecule has 1 saturated carbocycles. The Hall–Kier alpha value is -1.95. The Kier molecular flexibility index (Phi) is 9.41. The first-order chi connectivity index (χ1) is 13.5. The first-order valence-electron chi connectivity index (χ1n) is 10.1. The van der Waals surface area contributed by atoms with Crippen molar-refractivity contribution in [1.82, 2.24) is 0 Å². The molecule has 5 atom stereocenters. The number of allylic oxidation sites excluding steroid dienone is 2. The van der Waals surface area contributed by atoms with E-state index in [0.29, 0.717) is 32.1 Å². The van der Waals surface area contributed by atoms with Gasteiger partial charge in [0.25, 0.3) is 0 Å². The molecule has 5 heteroatoms. The molecule has 2 rings (SSSR count). The lowest BCUT2D eigenvalue weighted by Crippen LogP contribution is -2.20. The molecule has 1 fully saturated rings. The second kappa shape index (κ2) is 11.8. The second-order valence-corrected chi connectivity index (χ2v) is 7.58. The van der Waals surface area contributed by atoms with E-state index in [-0.39, 0.29) is 18.3 Å². The first-order valence-corrected chi connectivity index (χ1v) is 10.1. The van der Waals surface area contributed by atoms with Gasteiger partial charge in [0.2, 0.25) is 0 Å². The fraction of sp³-hybridized carbons (Fsp3) is 0.522. The summed E-state index contributed by atoms with van der Waals surface area (Å²) in [5.74, 6) is -1.08. The summed E-state index contributed by atoms with van der Waals surface area (Å²) in [4.78, 5) is 10.5. The van der Waals surface area contributed by atoms with Crippen LogP contribution in [0.1, 0.15) is 44.1 Å². The predicted octanol–water partition coefficient (Wildman–Crippen LogP) is 3.10. The molecule has 1 aromatic rings. The minimum Gasteiger partial charge on any atom is -0.481 e. The van der Waals surface area contributed by atoms with E-state index in [1.54, 1.807) is 6.08 Å². The Morgan fingerprint density at radius 2 is 1.89 bits per heavy atom. The van der Waals surface area contributed by atoms with Crippen LogP contribution in [0.25, 0.3) is 0 Å². The molecule has 4 N–H and O–H groups in total. The number of unbranched alkanes of at least 4 members (excludes halogenated alkanes) is 1. The molecule has 154 valence electrons. The maximum absolute atomic E-state index is 10.5. The third kappa shape index (κ3) is 7.58. The molecular formula is C23H32O5. The first kappa shape index (κ1) is 22.3. The topological polar surface area (TPSA) is 98.0 Å². The number of hydrogen-bond acceptors (Lipinski definition) is 4. The highest BCUT2D eigenvalue weighted by molar-refractivity contribution is 5.66. The van der Waals surface area contributed by atoms with Gasteiger partial charge >= 0.3 is 5.97 Å². The van der Waals surface area contributed by atoms with Gasteiger partial charge in [0.05, 0.1) is 18.3 Å². The highest BCUT2D eigenvalue weighted by atomic mass is 16.4. The molecule has 0 aromatic heterocycles. The van der Waals surface area contributed by atoms with Crippen molar-refractivity contribution in [3.8, 4) is 0 Å². The van der Waals surface area contributed by atoms with Crippen LogP contribution in [-0.2, 0) is 11.2 Å². The monoisotopic (exact) mass is 388 g/mol. The van der Waals surface area contributed by atoms with E-state index < -0.39 is 24.3 Å². The average Bonchev–Trinajstić information content (AvgIpc) is 2.94. The maximum Gasteiger partial charge on any atom is 0.303 e. The smallest absolute Gasteiger partial charge is 0.303 e. The van der Waals surface area contributed by atoms with Crippen LogP contribution in [0.5, 0.6) is 0 Å². The summed E-state index contributed by atoms with van der Waals surface area (Å²) in [5, 5.41) is 39.4. The molecule has 1 aromatic carbocycles. The molecule has 0 radical (unpaired) electrons. The SMILES string of the molecule is O=C(O)CCC/C=C\C[C@@H]1[C@@H](C=C[C@@H](O)CCc2ccccc2)[C@H](O)C[C@@H]1O. The summed E-state index contributed by atoms with van der Waals surface area (Å²) in [5.41, 5.74) is 1.18. The molecular weight excluding hydrogens is 356 g/mol. The summed E-state index contributed by atoms with van der Waals surface area (Å²) in [6, 6.07) is 9.99. The minimum atomic E-state index is -0.793. The van der Waals surface area contributed by atoms with E-state index in [4.69, 9.17) is 5.11 Å². The summed E-state index contributed by atoms with van der Waals surface area (Å²) in [6.45, 7) is 0. The molecule has 1 aliphatic carbocycles. The van der Waals surface area contributed by atoms with E-state index in [1.807, 2.05) is 48.6 Å². The second-order valence-electron chi connectivity index (χ2n) is 7.58. The molecule has 0 saturated heterocycles. The fourth-order valence-corrected chi connectivity index (χ4v) is 3.76. The van der Waals surface area contributed by atoms with Crippen LogP contribution in [-0.4, -0.2) is 44.7 Å². The van der Waals surface area contributed by atoms with Gasteiger partial charge in [0.15, 0.2) is 0 Å². The van der Waals surface area contributed by atoms with Gasteiger partial charge in [-0.25, -0.2) is 0 Å². The molecule has 1 aliphatic rings. The van der Waals surface area contributed by atoms with Gasteiger partial charge in [-0.05, 0) is 43.6 Å². The van der Waals surface area contributed by atoms with Gasteiger partial charge in [-0.3, -0.25) is 4.79 Å². The van der Waals surface area contributed by atoms with Crippen molar-refractivity contribution >= 4 is 5.97 Å². The highest BCUT2D eigenvalue weighted by Gasteiger charge is 2.39. The Labute approximate surface area is 167 Å². The number of aliphatic hydroxyl groups excluding tert-OH is 3. The Bertz CT molecular complexity index is 640. The average molecular weight is 389 g/mol. The molecule has 0 unspecified atom stereocenters. The molecule has 28 heavy (non-hydrogen) atoms. The molecule has 0 spiro atoms. The van der Waals surface area contributed by atoms with Gasteiger partial charge < -0.3 is 20.4 Å². The zero-order valence-electron chi connectivity index (χ0n) is 16.2. The summed E-state index contributed by atoms with van der Waals surface area (Å²) < 4.78 is 0. The Balaban J connectivity index is 1.82. The molecule has 0 bridgehead atoms. The van der Waals surface area contributed by atoms with Crippen LogP contribution in [0.4, 0.5) is 0 Å². The van der Waals surface area contributed by atoms with Crippen molar-refractivity contribution < 1.29 is 25.2 Å². The van der Waals surface area contributed by atoms with Gasteiger partial charge in [-0.15, -0.1) is 0 Å². The number of rotatable bonds is 11. The van der Waals surface area contributed by atoms with Crippen molar-refractivity contribution in [2.24, 2.45) is 11.8 Å². The van der Waals surface area contributed by atoms with Gasteiger partial charge in [0.1, 0.15) is 0 Å². The van der Waals surface area contributed by atoms with Crippen LogP contribution >= 0.6 is 0 Å². The van der Waals surface area contributed by atoms with E-state index in [2.05, 4.69) is 0 Å². The largest absolute Gasteiger partial charge is 0.481 e. The van der Waals surface area contributed by atoms with E-state index in [9.17, 15) is 20.1 Å². The fourth-order valence-electron chi connectivity index (χ4n) is 3.76. The van der Waals surface area contributed by atoms with Crippen LogP contribution in [0.15, 0.2) is 54.6 Å². The number of carboxylic acid groups (broad SMARTS) is 1. The molecule has 0 amide bonds. The third-order valence-corrected chi connectivity index (χ3v) is 5.38. The third-order valence-electron chi connectivity index (χ3n) is 5.38. The van der Waals surface area contributed by atoms with Crippen LogP contribution < -0.4 is 0 Å². The lowest BCUT2D eigenvalue weighted by atomic mass is 9.89. The summed E-state index contributed by atoms with van der Waals surface area (Å²) in [6.07, 6.45) is 9.51. The van der Waals surface area contributed by atoms with E-state index in [1.165, 1.54) is 5.56 Å². The van der Waals surface area contributed by atoms with E-state index in [0.717, 1.165) is 6.42 Å². The van der Waals surface area contributed by atoms with Crippen LogP contribution in [0.3, 0.4) is 0 Å². The number of hydrogen-bond donors (Lipinski definition) is 4. The van der Waals surface area contributed by atoms with E-state index >= 15 is 0 Å². The number of benzene rings is 1. The van der Waals surface area contributed by atoms with Crippen LogP contribution in [0.2, 0.25) is 0 Å². The lowest BCUT2D eigenvalue weighted by molar-refractivity contribution is -0.137. The van der Waals surface area contributed by atoms with Crippen molar-refractivity contribution in [3.63, 3.8) is 0 Å². The number of aliphatic carboxylic acids is 1. The van der Waals surface area contributed by atoms with Crippen molar-refractivity contribution in [3.05, 3.63) is 60.2 Å². The minimum absolute atomic E-state index is 0.0942. The number of carboxylic acids is 1. The number of carbonyl (C=O) groups is 1. The van der Waals surface area contributed by atoms with Crippen molar-refractivity contribution in [2.45, 2.75) is 63.3 Å². The van der Waals surface area contributed by atoms with Crippen molar-refractivity contribution in [1.29, 1.82) is 0 Å². The van der Waals surface area contributed by atoms with Gasteiger partial charge in [-0.1, -0.05) is 54.6 Å². The normalized spacial score (nSPS) is 26.2. The van der Waals surface area contributed by atoms with Gasteiger partial charge in [0, 0.05) is 18.8 Å². The standard InChI is InChI=1S/C23H32O5/c24-18(13-12-17-8-4-3-5-9-17)14-15-20-19(21(25)16-22(20)26)10-6-1-2-7-11-23(27)28/h1,3-6,8-9,14-15,18-22,24-26H,2,7,10-13,16H2,(H,27,28)/b6-1-,15-14?/t18-,19+,20+,21-,22+/m0/s1. The molecule has 0 aliphatic heterocycles. The summed E-state index contributed by atoms with van der Waals surface area (Å²) >= 11 is 0. The lowest BCUT2D eigenvalue weighted by Gasteiger charge is -2.19. The number of aryl methyl sites for hydroxylation is 1. The quantitative estimate of drug-likeness (QED) is 0.345. The summed E-state index contributed by atoms with van der Waals surface area (Å²) in [7, 11) is 0. The molecule has 0 heterocycles. The van der Waals surface area contributed by atoms with Crippen molar-refractivity contribution in [2.75, 3.05) is 0 Å². The number of aliphatic hydroxyl groups is 3. The Morgan fingerprint density at radius 1 is 1.14 bits per heavy atom. The molecule has 5 nitrogen and oxygen atoms in total. The highest BCUT2D eigenvalue weighted by Crippen LogP contribution is 2.36. The maximum atomic E-state index is 10.5. The Morgan fingerprint density at radius 3 is 2.61 bits per heavy atom.